The van der Waals surface area contributed by atoms with Crippen LogP contribution in [-0.2, 0) is 27.3 Å². The normalized spacial score (nSPS) is 10.9. The Kier molecular flexibility index (Phi) is 7.73. The summed E-state index contributed by atoms with van der Waals surface area (Å²) in [5.74, 6) is -1.14. The standard InChI is InChI=1S/C11H20N4O5/c1-18-4-5-20-7-6-19-3-2-15-9(8-12)10(11(16)17)13-14-15/h2-8,12H2,1H3,(H,16,17). The number of aromatic nitrogens is 3. The van der Waals surface area contributed by atoms with Crippen molar-refractivity contribution in [2.24, 2.45) is 5.73 Å². The number of aromatic carboxylic acids is 1. The van der Waals surface area contributed by atoms with Crippen LogP contribution in [0.4, 0.5) is 0 Å². The van der Waals surface area contributed by atoms with Gasteiger partial charge in [0.25, 0.3) is 0 Å². The van der Waals surface area contributed by atoms with Gasteiger partial charge in [-0.3, -0.25) is 0 Å². The monoisotopic (exact) mass is 288 g/mol. The maximum Gasteiger partial charge on any atom is 0.358 e. The summed E-state index contributed by atoms with van der Waals surface area (Å²) in [6.07, 6.45) is 0. The van der Waals surface area contributed by atoms with Gasteiger partial charge in [-0.1, -0.05) is 5.21 Å². The average Bonchev–Trinajstić information content (AvgIpc) is 2.85. The zero-order chi connectivity index (χ0) is 14.8. The smallest absolute Gasteiger partial charge is 0.358 e. The highest BCUT2D eigenvalue weighted by molar-refractivity contribution is 5.86. The molecule has 0 radical (unpaired) electrons. The SMILES string of the molecule is COCCOCCOCCn1nnc(C(=O)O)c1CN. The third-order valence-corrected chi connectivity index (χ3v) is 2.48. The minimum absolute atomic E-state index is 0.0642. The van der Waals surface area contributed by atoms with Crippen LogP contribution < -0.4 is 5.73 Å². The summed E-state index contributed by atoms with van der Waals surface area (Å²) in [7, 11) is 1.61. The second-order valence-electron chi connectivity index (χ2n) is 3.83. The fraction of sp³-hybridized carbons (Fsp3) is 0.727. The Labute approximate surface area is 116 Å². The van der Waals surface area contributed by atoms with Gasteiger partial charge in [-0.25, -0.2) is 9.48 Å². The highest BCUT2D eigenvalue weighted by Gasteiger charge is 2.17. The van der Waals surface area contributed by atoms with Crippen LogP contribution in [0.3, 0.4) is 0 Å². The van der Waals surface area contributed by atoms with E-state index in [1.54, 1.807) is 7.11 Å². The van der Waals surface area contributed by atoms with Crippen LogP contribution in [0, 0.1) is 0 Å². The molecule has 1 aromatic heterocycles. The lowest BCUT2D eigenvalue weighted by Gasteiger charge is -2.07. The Morgan fingerprint density at radius 2 is 1.90 bits per heavy atom. The number of hydrogen-bond donors (Lipinski definition) is 2. The van der Waals surface area contributed by atoms with E-state index in [-0.39, 0.29) is 12.2 Å². The highest BCUT2D eigenvalue weighted by Crippen LogP contribution is 2.04. The molecule has 1 aromatic rings. The predicted molar refractivity (Wildman–Crippen MR) is 68.4 cm³/mol. The van der Waals surface area contributed by atoms with Crippen molar-refractivity contribution in [3.05, 3.63) is 11.4 Å². The summed E-state index contributed by atoms with van der Waals surface area (Å²) >= 11 is 0. The quantitative estimate of drug-likeness (QED) is 0.503. The number of ether oxygens (including phenoxy) is 3. The molecule has 1 rings (SSSR count). The van der Waals surface area contributed by atoms with Gasteiger partial charge in [-0.05, 0) is 0 Å². The van der Waals surface area contributed by atoms with Crippen LogP contribution in [0.15, 0.2) is 0 Å². The van der Waals surface area contributed by atoms with E-state index in [9.17, 15) is 4.79 Å². The van der Waals surface area contributed by atoms with Gasteiger partial charge in [-0.15, -0.1) is 5.10 Å². The van der Waals surface area contributed by atoms with E-state index in [2.05, 4.69) is 10.3 Å². The molecule has 0 spiro atoms. The molecule has 9 heteroatoms. The Bertz CT molecular complexity index is 410. The van der Waals surface area contributed by atoms with Crippen molar-refractivity contribution in [1.29, 1.82) is 0 Å². The summed E-state index contributed by atoms with van der Waals surface area (Å²) in [5, 5.41) is 16.2. The minimum Gasteiger partial charge on any atom is -0.476 e. The molecule has 0 atom stereocenters. The molecule has 0 bridgehead atoms. The third-order valence-electron chi connectivity index (χ3n) is 2.48. The van der Waals surface area contributed by atoms with E-state index in [1.807, 2.05) is 0 Å². The van der Waals surface area contributed by atoms with Crippen LogP contribution in [0.5, 0.6) is 0 Å². The first-order chi connectivity index (χ1) is 9.70. The molecule has 0 saturated carbocycles. The van der Waals surface area contributed by atoms with Crippen LogP contribution in [0.2, 0.25) is 0 Å². The lowest BCUT2D eigenvalue weighted by molar-refractivity contribution is 0.0223. The molecule has 3 N–H and O–H groups in total. The summed E-state index contributed by atoms with van der Waals surface area (Å²) in [5.41, 5.74) is 5.77. The molecule has 114 valence electrons. The third kappa shape index (κ3) is 5.21. The molecule has 0 amide bonds. The highest BCUT2D eigenvalue weighted by atomic mass is 16.5. The first kappa shape index (κ1) is 16.5. The van der Waals surface area contributed by atoms with Gasteiger partial charge < -0.3 is 25.1 Å². The van der Waals surface area contributed by atoms with Crippen molar-refractivity contribution in [2.75, 3.05) is 40.1 Å². The minimum atomic E-state index is -1.14. The summed E-state index contributed by atoms with van der Waals surface area (Å²) in [6, 6.07) is 0. The summed E-state index contributed by atoms with van der Waals surface area (Å²) in [4.78, 5) is 10.9. The van der Waals surface area contributed by atoms with Crippen LogP contribution in [-0.4, -0.2) is 66.2 Å². The topological polar surface area (TPSA) is 122 Å². The van der Waals surface area contributed by atoms with Crippen LogP contribution in [0.1, 0.15) is 16.2 Å². The fourth-order valence-corrected chi connectivity index (χ4v) is 1.50. The number of methoxy groups -OCH3 is 1. The Hall–Kier alpha value is -1.55. The number of nitrogens with zero attached hydrogens (tertiary/aromatic N) is 3. The first-order valence-electron chi connectivity index (χ1n) is 6.20. The van der Waals surface area contributed by atoms with Crippen LogP contribution in [0.25, 0.3) is 0 Å². The molecular formula is C11H20N4O5. The van der Waals surface area contributed by atoms with Crippen molar-refractivity contribution in [1.82, 2.24) is 15.0 Å². The number of nitrogens with two attached hydrogens (primary N) is 1. The van der Waals surface area contributed by atoms with Crippen molar-refractivity contribution in [2.45, 2.75) is 13.1 Å². The van der Waals surface area contributed by atoms with Crippen LogP contribution >= 0.6 is 0 Å². The number of carboxylic acid groups (broad SMARTS) is 1. The molecule has 0 fully saturated rings. The van der Waals surface area contributed by atoms with Gasteiger partial charge in [0.2, 0.25) is 0 Å². The van der Waals surface area contributed by atoms with Gasteiger partial charge in [0.15, 0.2) is 5.69 Å². The maximum absolute atomic E-state index is 10.9. The van der Waals surface area contributed by atoms with E-state index in [1.165, 1.54) is 4.68 Å². The zero-order valence-electron chi connectivity index (χ0n) is 11.4. The molecular weight excluding hydrogens is 268 g/mol. The van der Waals surface area contributed by atoms with E-state index in [0.29, 0.717) is 45.3 Å². The fourth-order valence-electron chi connectivity index (χ4n) is 1.50. The van der Waals surface area contributed by atoms with Gasteiger partial charge in [0, 0.05) is 13.7 Å². The average molecular weight is 288 g/mol. The van der Waals surface area contributed by atoms with E-state index in [4.69, 9.17) is 25.1 Å². The Morgan fingerprint density at radius 1 is 1.25 bits per heavy atom. The van der Waals surface area contributed by atoms with Gasteiger partial charge in [-0.2, -0.15) is 0 Å². The molecule has 0 aliphatic heterocycles. The Balaban J connectivity index is 2.23. The zero-order valence-corrected chi connectivity index (χ0v) is 11.4. The van der Waals surface area contributed by atoms with Gasteiger partial charge in [0.1, 0.15) is 0 Å². The lowest BCUT2D eigenvalue weighted by Crippen LogP contribution is -2.16. The predicted octanol–water partition coefficient (Wildman–Crippen LogP) is -0.885. The molecule has 0 aliphatic carbocycles. The number of hydrogen-bond acceptors (Lipinski definition) is 7. The number of carbonyl (C=O) groups is 1. The second-order valence-corrected chi connectivity index (χ2v) is 3.83. The second kappa shape index (κ2) is 9.37. The Morgan fingerprint density at radius 3 is 2.50 bits per heavy atom. The first-order valence-corrected chi connectivity index (χ1v) is 6.20. The molecule has 20 heavy (non-hydrogen) atoms. The largest absolute Gasteiger partial charge is 0.476 e. The van der Waals surface area contributed by atoms with E-state index >= 15 is 0 Å². The van der Waals surface area contributed by atoms with E-state index in [0.717, 1.165) is 0 Å². The molecule has 0 aromatic carbocycles. The molecule has 1 heterocycles. The summed E-state index contributed by atoms with van der Waals surface area (Å²) in [6.45, 7) is 2.84. The molecule has 9 nitrogen and oxygen atoms in total. The molecule has 0 unspecified atom stereocenters. The van der Waals surface area contributed by atoms with Crippen molar-refractivity contribution >= 4 is 5.97 Å². The lowest BCUT2D eigenvalue weighted by atomic mass is 10.3. The number of rotatable bonds is 11. The van der Waals surface area contributed by atoms with Crippen molar-refractivity contribution in [3.63, 3.8) is 0 Å². The van der Waals surface area contributed by atoms with Crippen molar-refractivity contribution in [3.8, 4) is 0 Å². The molecule has 0 saturated heterocycles. The maximum atomic E-state index is 10.9. The summed E-state index contributed by atoms with van der Waals surface area (Å²) < 4.78 is 16.8. The van der Waals surface area contributed by atoms with Gasteiger partial charge in [0.05, 0.1) is 45.3 Å². The van der Waals surface area contributed by atoms with Gasteiger partial charge >= 0.3 is 5.97 Å². The van der Waals surface area contributed by atoms with E-state index < -0.39 is 5.97 Å². The molecule has 0 aliphatic rings. The van der Waals surface area contributed by atoms with Crippen molar-refractivity contribution < 1.29 is 24.1 Å². The number of carboxylic acids is 1.